The molecule has 4 heteroatoms. The number of carbonyl (C=O) groups is 1. The van der Waals surface area contributed by atoms with Crippen molar-refractivity contribution < 1.29 is 4.79 Å². The Morgan fingerprint density at radius 1 is 1.42 bits per heavy atom. The van der Waals surface area contributed by atoms with E-state index in [2.05, 4.69) is 10.6 Å². The van der Waals surface area contributed by atoms with Crippen LogP contribution in [-0.4, -0.2) is 25.4 Å². The number of rotatable bonds is 5. The standard InChI is InChI=1S/C15H21N3O/c16-12-3-1-2-4-13(12)18-10-15(7-8-17-9-15)14(19)11-5-6-11/h1-4,11,17-18H,5-10,16H2/t15-/m0/s1. The van der Waals surface area contributed by atoms with Crippen LogP contribution in [0.3, 0.4) is 0 Å². The van der Waals surface area contributed by atoms with Crippen LogP contribution in [0.15, 0.2) is 24.3 Å². The van der Waals surface area contributed by atoms with Crippen LogP contribution in [0, 0.1) is 11.3 Å². The maximum absolute atomic E-state index is 12.5. The number of carbonyl (C=O) groups excluding carboxylic acids is 1. The zero-order chi connectivity index (χ0) is 13.3. The van der Waals surface area contributed by atoms with Gasteiger partial charge in [-0.05, 0) is 37.9 Å². The van der Waals surface area contributed by atoms with Gasteiger partial charge >= 0.3 is 0 Å². The minimum atomic E-state index is -0.233. The molecule has 0 unspecified atom stereocenters. The van der Waals surface area contributed by atoms with Crippen LogP contribution in [0.1, 0.15) is 19.3 Å². The summed E-state index contributed by atoms with van der Waals surface area (Å²) in [5, 5.41) is 6.71. The first-order chi connectivity index (χ1) is 9.21. The lowest BCUT2D eigenvalue weighted by Crippen LogP contribution is -2.41. The van der Waals surface area contributed by atoms with E-state index < -0.39 is 0 Å². The minimum Gasteiger partial charge on any atom is -0.397 e. The molecule has 4 N–H and O–H groups in total. The molecule has 1 atom stereocenters. The number of nitrogens with two attached hydrogens (primary N) is 1. The fraction of sp³-hybridized carbons (Fsp3) is 0.533. The summed E-state index contributed by atoms with van der Waals surface area (Å²) in [6.07, 6.45) is 3.09. The molecule has 2 fully saturated rings. The Kier molecular flexibility index (Phi) is 3.19. The number of benzene rings is 1. The monoisotopic (exact) mass is 259 g/mol. The quantitative estimate of drug-likeness (QED) is 0.703. The van der Waals surface area contributed by atoms with Crippen molar-refractivity contribution in [3.05, 3.63) is 24.3 Å². The van der Waals surface area contributed by atoms with Gasteiger partial charge in [-0.2, -0.15) is 0 Å². The van der Waals surface area contributed by atoms with Gasteiger partial charge in [0.1, 0.15) is 5.78 Å². The summed E-state index contributed by atoms with van der Waals surface area (Å²) in [7, 11) is 0. The molecule has 2 aliphatic rings. The topological polar surface area (TPSA) is 67.1 Å². The van der Waals surface area contributed by atoms with Gasteiger partial charge in [0.05, 0.1) is 16.8 Å². The average Bonchev–Trinajstić information content (AvgIpc) is 3.16. The second kappa shape index (κ2) is 4.85. The van der Waals surface area contributed by atoms with Crippen molar-refractivity contribution in [1.82, 2.24) is 5.32 Å². The predicted octanol–water partition coefficient (Wildman–Crippen LogP) is 1.64. The fourth-order valence-corrected chi connectivity index (χ4v) is 2.89. The Morgan fingerprint density at radius 3 is 2.84 bits per heavy atom. The van der Waals surface area contributed by atoms with Gasteiger partial charge in [-0.3, -0.25) is 4.79 Å². The van der Waals surface area contributed by atoms with Crippen LogP contribution in [0.4, 0.5) is 11.4 Å². The lowest BCUT2D eigenvalue weighted by Gasteiger charge is -2.28. The highest BCUT2D eigenvalue weighted by molar-refractivity contribution is 5.90. The maximum Gasteiger partial charge on any atom is 0.145 e. The van der Waals surface area contributed by atoms with Crippen LogP contribution < -0.4 is 16.4 Å². The van der Waals surface area contributed by atoms with E-state index in [-0.39, 0.29) is 5.41 Å². The van der Waals surface area contributed by atoms with Crippen molar-refractivity contribution in [2.24, 2.45) is 11.3 Å². The Morgan fingerprint density at radius 2 is 2.21 bits per heavy atom. The Bertz CT molecular complexity index is 476. The van der Waals surface area contributed by atoms with E-state index in [1.165, 1.54) is 0 Å². The van der Waals surface area contributed by atoms with Crippen molar-refractivity contribution in [1.29, 1.82) is 0 Å². The van der Waals surface area contributed by atoms with Gasteiger partial charge in [0.15, 0.2) is 0 Å². The lowest BCUT2D eigenvalue weighted by molar-refractivity contribution is -0.128. The molecule has 3 rings (SSSR count). The van der Waals surface area contributed by atoms with Crippen molar-refractivity contribution in [3.8, 4) is 0 Å². The van der Waals surface area contributed by atoms with E-state index in [1.54, 1.807) is 0 Å². The average molecular weight is 259 g/mol. The molecular weight excluding hydrogens is 238 g/mol. The molecule has 1 aromatic carbocycles. The molecule has 102 valence electrons. The molecule has 1 saturated heterocycles. The van der Waals surface area contributed by atoms with Gasteiger partial charge in [-0.25, -0.2) is 0 Å². The molecule has 1 saturated carbocycles. The third-order valence-corrected chi connectivity index (χ3v) is 4.29. The largest absolute Gasteiger partial charge is 0.397 e. The Labute approximate surface area is 113 Å². The highest BCUT2D eigenvalue weighted by Crippen LogP contribution is 2.40. The first kappa shape index (κ1) is 12.5. The van der Waals surface area contributed by atoms with E-state index in [0.717, 1.165) is 43.7 Å². The van der Waals surface area contributed by atoms with Crippen molar-refractivity contribution in [2.45, 2.75) is 19.3 Å². The van der Waals surface area contributed by atoms with E-state index in [0.29, 0.717) is 18.2 Å². The first-order valence-corrected chi connectivity index (χ1v) is 7.05. The molecule has 1 aliphatic carbocycles. The zero-order valence-corrected chi connectivity index (χ0v) is 11.1. The van der Waals surface area contributed by atoms with Gasteiger partial charge in [-0.15, -0.1) is 0 Å². The zero-order valence-electron chi connectivity index (χ0n) is 11.1. The molecule has 1 aromatic rings. The van der Waals surface area contributed by atoms with Gasteiger partial charge in [-0.1, -0.05) is 12.1 Å². The number of nitrogens with one attached hydrogen (secondary N) is 2. The third kappa shape index (κ3) is 2.45. The number of hydrogen-bond acceptors (Lipinski definition) is 4. The van der Waals surface area contributed by atoms with Crippen LogP contribution in [0.5, 0.6) is 0 Å². The van der Waals surface area contributed by atoms with Crippen LogP contribution in [0.2, 0.25) is 0 Å². The number of hydrogen-bond donors (Lipinski definition) is 3. The van der Waals surface area contributed by atoms with Crippen molar-refractivity contribution in [3.63, 3.8) is 0 Å². The number of para-hydroxylation sites is 2. The van der Waals surface area contributed by atoms with Gasteiger partial charge in [0, 0.05) is 19.0 Å². The van der Waals surface area contributed by atoms with Gasteiger partial charge < -0.3 is 16.4 Å². The fourth-order valence-electron chi connectivity index (χ4n) is 2.89. The van der Waals surface area contributed by atoms with E-state index in [4.69, 9.17) is 5.73 Å². The van der Waals surface area contributed by atoms with Gasteiger partial charge in [0.25, 0.3) is 0 Å². The molecule has 0 radical (unpaired) electrons. The molecular formula is C15H21N3O. The first-order valence-electron chi connectivity index (χ1n) is 7.05. The van der Waals surface area contributed by atoms with Crippen molar-refractivity contribution >= 4 is 17.2 Å². The van der Waals surface area contributed by atoms with Crippen LogP contribution in [0.25, 0.3) is 0 Å². The Hall–Kier alpha value is -1.55. The van der Waals surface area contributed by atoms with E-state index in [1.807, 2.05) is 24.3 Å². The van der Waals surface area contributed by atoms with Gasteiger partial charge in [0.2, 0.25) is 0 Å². The summed E-state index contributed by atoms with van der Waals surface area (Å²) in [6.45, 7) is 2.41. The summed E-state index contributed by atoms with van der Waals surface area (Å²) in [4.78, 5) is 12.5. The lowest BCUT2D eigenvalue weighted by atomic mass is 9.80. The third-order valence-electron chi connectivity index (χ3n) is 4.29. The number of anilines is 2. The molecule has 0 spiro atoms. The van der Waals surface area contributed by atoms with Crippen molar-refractivity contribution in [2.75, 3.05) is 30.7 Å². The number of Topliss-reactive ketones (excluding diaryl/α,β-unsaturated/α-hetero) is 1. The minimum absolute atomic E-state index is 0.233. The normalized spacial score (nSPS) is 26.3. The smallest absolute Gasteiger partial charge is 0.145 e. The second-order valence-electron chi connectivity index (χ2n) is 5.79. The summed E-state index contributed by atoms with van der Waals surface area (Å²) in [5.41, 5.74) is 7.37. The summed E-state index contributed by atoms with van der Waals surface area (Å²) >= 11 is 0. The van der Waals surface area contributed by atoms with E-state index >= 15 is 0 Å². The molecule has 1 heterocycles. The Balaban J connectivity index is 1.72. The number of nitrogen functional groups attached to an aromatic ring is 1. The second-order valence-corrected chi connectivity index (χ2v) is 5.79. The van der Waals surface area contributed by atoms with Crippen LogP contribution in [-0.2, 0) is 4.79 Å². The highest BCUT2D eigenvalue weighted by Gasteiger charge is 2.47. The molecule has 1 aliphatic heterocycles. The number of ketones is 1. The predicted molar refractivity (Wildman–Crippen MR) is 77.0 cm³/mol. The molecule has 0 aromatic heterocycles. The summed E-state index contributed by atoms with van der Waals surface area (Å²) in [6, 6.07) is 7.72. The highest BCUT2D eigenvalue weighted by atomic mass is 16.1. The molecule has 4 nitrogen and oxygen atoms in total. The molecule has 19 heavy (non-hydrogen) atoms. The SMILES string of the molecule is Nc1ccccc1NC[C@]1(C(=O)C2CC2)CCNC1. The van der Waals surface area contributed by atoms with E-state index in [9.17, 15) is 4.79 Å². The van der Waals surface area contributed by atoms with Crippen LogP contribution >= 0.6 is 0 Å². The molecule has 0 amide bonds. The maximum atomic E-state index is 12.5. The molecule has 0 bridgehead atoms. The summed E-state index contributed by atoms with van der Waals surface area (Å²) < 4.78 is 0. The summed E-state index contributed by atoms with van der Waals surface area (Å²) in [5.74, 6) is 0.759.